The Bertz CT molecular complexity index is 551. The summed E-state index contributed by atoms with van der Waals surface area (Å²) >= 11 is 0. The van der Waals surface area contributed by atoms with E-state index in [4.69, 9.17) is 10.5 Å². The highest BCUT2D eigenvalue weighted by molar-refractivity contribution is 5.29. The molecule has 2 aromatic carbocycles. The van der Waals surface area contributed by atoms with Crippen molar-refractivity contribution < 1.29 is 4.74 Å². The van der Waals surface area contributed by atoms with Gasteiger partial charge in [-0.3, -0.25) is 0 Å². The highest BCUT2D eigenvalue weighted by Gasteiger charge is 2.10. The second-order valence-electron chi connectivity index (χ2n) is 5.35. The Morgan fingerprint density at radius 2 is 1.65 bits per heavy atom. The maximum absolute atomic E-state index is 5.95. The molecule has 0 saturated heterocycles. The Labute approximate surface area is 121 Å². The average molecular weight is 269 g/mol. The third-order valence-electron chi connectivity index (χ3n) is 3.60. The monoisotopic (exact) mass is 269 g/mol. The maximum atomic E-state index is 5.95. The minimum Gasteiger partial charge on any atom is -0.497 e. The van der Waals surface area contributed by atoms with E-state index in [1.807, 2.05) is 12.1 Å². The van der Waals surface area contributed by atoms with Gasteiger partial charge in [-0.1, -0.05) is 42.0 Å². The van der Waals surface area contributed by atoms with Crippen LogP contribution in [0, 0.1) is 12.8 Å². The molecular weight excluding hydrogens is 246 g/mol. The van der Waals surface area contributed by atoms with Crippen molar-refractivity contribution in [1.29, 1.82) is 0 Å². The summed E-state index contributed by atoms with van der Waals surface area (Å²) < 4.78 is 5.27. The molecular formula is C18H23NO. The van der Waals surface area contributed by atoms with Gasteiger partial charge in [0, 0.05) is 0 Å². The van der Waals surface area contributed by atoms with Gasteiger partial charge in [-0.25, -0.2) is 0 Å². The van der Waals surface area contributed by atoms with Crippen LogP contribution in [0.2, 0.25) is 0 Å². The molecule has 0 amide bonds. The normalized spacial score (nSPS) is 12.2. The van der Waals surface area contributed by atoms with Crippen LogP contribution in [0.5, 0.6) is 5.75 Å². The van der Waals surface area contributed by atoms with E-state index in [9.17, 15) is 0 Å². The third kappa shape index (κ3) is 4.10. The average Bonchev–Trinajstić information content (AvgIpc) is 2.47. The summed E-state index contributed by atoms with van der Waals surface area (Å²) in [7, 11) is 1.70. The summed E-state index contributed by atoms with van der Waals surface area (Å²) in [5.74, 6) is 1.37. The molecule has 2 nitrogen and oxygen atoms in total. The Morgan fingerprint density at radius 3 is 2.25 bits per heavy atom. The van der Waals surface area contributed by atoms with Crippen molar-refractivity contribution in [3.05, 3.63) is 65.2 Å². The zero-order valence-corrected chi connectivity index (χ0v) is 12.3. The molecule has 0 heterocycles. The lowest BCUT2D eigenvalue weighted by atomic mass is 9.92. The number of methoxy groups -OCH3 is 1. The second-order valence-corrected chi connectivity index (χ2v) is 5.35. The molecule has 2 N–H and O–H groups in total. The molecule has 0 aliphatic carbocycles. The number of hydrogen-bond acceptors (Lipinski definition) is 2. The quantitative estimate of drug-likeness (QED) is 0.872. The first kappa shape index (κ1) is 14.6. The third-order valence-corrected chi connectivity index (χ3v) is 3.60. The summed E-state index contributed by atoms with van der Waals surface area (Å²) in [6, 6.07) is 16.9. The Morgan fingerprint density at radius 1 is 1.00 bits per heavy atom. The number of ether oxygens (including phenoxy) is 1. The molecule has 0 aromatic heterocycles. The SMILES string of the molecule is COc1cccc(CC(CN)Cc2cccc(C)c2)c1. The second kappa shape index (κ2) is 7.11. The van der Waals surface area contributed by atoms with E-state index in [0.29, 0.717) is 12.5 Å². The number of hydrogen-bond donors (Lipinski definition) is 1. The van der Waals surface area contributed by atoms with E-state index < -0.39 is 0 Å². The molecule has 0 spiro atoms. The number of nitrogens with two attached hydrogens (primary N) is 1. The zero-order chi connectivity index (χ0) is 14.4. The molecule has 0 saturated carbocycles. The van der Waals surface area contributed by atoms with E-state index in [2.05, 4.69) is 43.3 Å². The van der Waals surface area contributed by atoms with E-state index in [-0.39, 0.29) is 0 Å². The van der Waals surface area contributed by atoms with Crippen LogP contribution >= 0.6 is 0 Å². The van der Waals surface area contributed by atoms with Crippen LogP contribution in [-0.4, -0.2) is 13.7 Å². The topological polar surface area (TPSA) is 35.2 Å². The predicted octanol–water partition coefficient (Wildman–Crippen LogP) is 3.36. The lowest BCUT2D eigenvalue weighted by Crippen LogP contribution is -2.19. The largest absolute Gasteiger partial charge is 0.497 e. The van der Waals surface area contributed by atoms with Crippen LogP contribution in [0.1, 0.15) is 16.7 Å². The van der Waals surface area contributed by atoms with E-state index >= 15 is 0 Å². The van der Waals surface area contributed by atoms with Gasteiger partial charge >= 0.3 is 0 Å². The summed E-state index contributed by atoms with van der Waals surface area (Å²) in [6.45, 7) is 2.83. The van der Waals surface area contributed by atoms with Crippen molar-refractivity contribution in [2.45, 2.75) is 19.8 Å². The number of rotatable bonds is 6. The van der Waals surface area contributed by atoms with Gasteiger partial charge in [-0.15, -0.1) is 0 Å². The molecule has 0 aliphatic rings. The smallest absolute Gasteiger partial charge is 0.119 e. The molecule has 0 fully saturated rings. The highest BCUT2D eigenvalue weighted by atomic mass is 16.5. The van der Waals surface area contributed by atoms with Crippen LogP contribution in [0.15, 0.2) is 48.5 Å². The molecule has 0 radical (unpaired) electrons. The summed E-state index contributed by atoms with van der Waals surface area (Å²) in [5.41, 5.74) is 9.90. The van der Waals surface area contributed by atoms with Crippen LogP contribution < -0.4 is 10.5 Å². The van der Waals surface area contributed by atoms with E-state index in [1.54, 1.807) is 7.11 Å². The lowest BCUT2D eigenvalue weighted by Gasteiger charge is -2.16. The Kier molecular flexibility index (Phi) is 5.19. The fourth-order valence-corrected chi connectivity index (χ4v) is 2.54. The molecule has 1 atom stereocenters. The van der Waals surface area contributed by atoms with Gasteiger partial charge in [-0.05, 0) is 55.5 Å². The standard InChI is InChI=1S/C18H23NO/c1-14-5-3-6-15(9-14)10-17(13-19)11-16-7-4-8-18(12-16)20-2/h3-9,12,17H,10-11,13,19H2,1-2H3. The van der Waals surface area contributed by atoms with Crippen molar-refractivity contribution in [3.8, 4) is 5.75 Å². The number of benzene rings is 2. The van der Waals surface area contributed by atoms with Gasteiger partial charge in [0.1, 0.15) is 5.75 Å². The highest BCUT2D eigenvalue weighted by Crippen LogP contribution is 2.18. The van der Waals surface area contributed by atoms with Crippen molar-refractivity contribution in [2.24, 2.45) is 11.7 Å². The molecule has 20 heavy (non-hydrogen) atoms. The lowest BCUT2D eigenvalue weighted by molar-refractivity contribution is 0.413. The minimum atomic E-state index is 0.462. The summed E-state index contributed by atoms with van der Waals surface area (Å²) in [5, 5.41) is 0. The molecule has 0 aliphatic heterocycles. The Hall–Kier alpha value is -1.80. The molecule has 106 valence electrons. The van der Waals surface area contributed by atoms with Gasteiger partial charge in [-0.2, -0.15) is 0 Å². The van der Waals surface area contributed by atoms with E-state index in [0.717, 1.165) is 18.6 Å². The minimum absolute atomic E-state index is 0.462. The van der Waals surface area contributed by atoms with Crippen LogP contribution in [0.3, 0.4) is 0 Å². The summed E-state index contributed by atoms with van der Waals surface area (Å²) in [4.78, 5) is 0. The fraction of sp³-hybridized carbons (Fsp3) is 0.333. The van der Waals surface area contributed by atoms with Gasteiger partial charge in [0.05, 0.1) is 7.11 Å². The summed E-state index contributed by atoms with van der Waals surface area (Å²) in [6.07, 6.45) is 2.01. The first-order valence-electron chi connectivity index (χ1n) is 7.10. The molecule has 2 heteroatoms. The molecule has 0 bridgehead atoms. The first-order chi connectivity index (χ1) is 9.71. The molecule has 1 unspecified atom stereocenters. The van der Waals surface area contributed by atoms with Crippen LogP contribution in [0.25, 0.3) is 0 Å². The van der Waals surface area contributed by atoms with Gasteiger partial charge in [0.2, 0.25) is 0 Å². The van der Waals surface area contributed by atoms with Gasteiger partial charge in [0.15, 0.2) is 0 Å². The predicted molar refractivity (Wildman–Crippen MR) is 84.1 cm³/mol. The van der Waals surface area contributed by atoms with E-state index in [1.165, 1.54) is 16.7 Å². The van der Waals surface area contributed by atoms with Crippen LogP contribution in [-0.2, 0) is 12.8 Å². The molecule has 2 aromatic rings. The van der Waals surface area contributed by atoms with Gasteiger partial charge < -0.3 is 10.5 Å². The Balaban J connectivity index is 2.05. The fourth-order valence-electron chi connectivity index (χ4n) is 2.54. The van der Waals surface area contributed by atoms with Crippen molar-refractivity contribution in [3.63, 3.8) is 0 Å². The number of aryl methyl sites for hydroxylation is 1. The van der Waals surface area contributed by atoms with Crippen molar-refractivity contribution in [1.82, 2.24) is 0 Å². The van der Waals surface area contributed by atoms with Crippen LogP contribution in [0.4, 0.5) is 0 Å². The first-order valence-corrected chi connectivity index (χ1v) is 7.10. The van der Waals surface area contributed by atoms with Crippen molar-refractivity contribution >= 4 is 0 Å². The maximum Gasteiger partial charge on any atom is 0.119 e. The van der Waals surface area contributed by atoms with Crippen molar-refractivity contribution in [2.75, 3.05) is 13.7 Å². The van der Waals surface area contributed by atoms with Gasteiger partial charge in [0.25, 0.3) is 0 Å². The zero-order valence-electron chi connectivity index (χ0n) is 12.3. The molecule has 2 rings (SSSR count).